The number of ether oxygens (including phenoxy) is 1. The topological polar surface area (TPSA) is 63.7 Å². The van der Waals surface area contributed by atoms with Gasteiger partial charge in [-0.2, -0.15) is 0 Å². The summed E-state index contributed by atoms with van der Waals surface area (Å²) < 4.78 is 4.81. The van der Waals surface area contributed by atoms with Crippen LogP contribution in [0.15, 0.2) is 18.2 Å². The summed E-state index contributed by atoms with van der Waals surface area (Å²) in [7, 11) is 0. The summed E-state index contributed by atoms with van der Waals surface area (Å²) in [5.41, 5.74) is 0.867. The van der Waals surface area contributed by atoms with E-state index in [-0.39, 0.29) is 18.9 Å². The molecule has 0 aromatic heterocycles. The SMILES string of the molecule is CCOC(=O)CCCN1C(=O)C(=O)c2ccc(Cl)cc21. The van der Waals surface area contributed by atoms with Crippen LogP contribution in [-0.4, -0.2) is 30.8 Å². The minimum Gasteiger partial charge on any atom is -0.466 e. The average Bonchev–Trinajstić information content (AvgIpc) is 2.63. The molecule has 0 saturated heterocycles. The first-order valence-corrected chi connectivity index (χ1v) is 6.73. The summed E-state index contributed by atoms with van der Waals surface area (Å²) in [6.45, 7) is 2.36. The Balaban J connectivity index is 2.06. The van der Waals surface area contributed by atoms with Crippen LogP contribution in [0.2, 0.25) is 5.02 Å². The van der Waals surface area contributed by atoms with Crippen molar-refractivity contribution in [1.29, 1.82) is 0 Å². The molecule has 1 heterocycles. The van der Waals surface area contributed by atoms with Crippen molar-refractivity contribution in [3.8, 4) is 0 Å². The number of ketones is 1. The molecule has 0 unspecified atom stereocenters. The van der Waals surface area contributed by atoms with Crippen LogP contribution in [0.3, 0.4) is 0 Å². The van der Waals surface area contributed by atoms with Crippen LogP contribution in [0, 0.1) is 0 Å². The van der Waals surface area contributed by atoms with Crippen LogP contribution < -0.4 is 4.90 Å². The predicted octanol–water partition coefficient (Wildman–Crippen LogP) is 2.21. The second-order valence-corrected chi connectivity index (χ2v) is 4.79. The van der Waals surface area contributed by atoms with E-state index >= 15 is 0 Å². The van der Waals surface area contributed by atoms with Crippen molar-refractivity contribution in [1.82, 2.24) is 0 Å². The summed E-state index contributed by atoms with van der Waals surface area (Å²) in [5, 5.41) is 0.460. The van der Waals surface area contributed by atoms with Gasteiger partial charge >= 0.3 is 5.97 Å². The number of Topliss-reactive ketones (excluding diaryl/α,β-unsaturated/α-hetero) is 1. The first-order chi connectivity index (χ1) is 9.54. The molecule has 0 N–H and O–H groups in total. The zero-order valence-corrected chi connectivity index (χ0v) is 11.8. The van der Waals surface area contributed by atoms with Crippen molar-refractivity contribution < 1.29 is 19.1 Å². The highest BCUT2D eigenvalue weighted by Crippen LogP contribution is 2.31. The smallest absolute Gasteiger partial charge is 0.305 e. The Kier molecular flexibility index (Phi) is 4.39. The van der Waals surface area contributed by atoms with Gasteiger partial charge in [0, 0.05) is 18.0 Å². The van der Waals surface area contributed by atoms with Gasteiger partial charge < -0.3 is 9.64 Å². The summed E-state index contributed by atoms with van der Waals surface area (Å²) in [6.07, 6.45) is 0.644. The van der Waals surface area contributed by atoms with Crippen molar-refractivity contribution in [3.05, 3.63) is 28.8 Å². The molecule has 0 bridgehead atoms. The lowest BCUT2D eigenvalue weighted by molar-refractivity contribution is -0.143. The molecule has 6 heteroatoms. The molecule has 1 aliphatic rings. The Labute approximate surface area is 121 Å². The van der Waals surface area contributed by atoms with Gasteiger partial charge in [0.15, 0.2) is 0 Å². The van der Waals surface area contributed by atoms with Crippen LogP contribution in [0.4, 0.5) is 5.69 Å². The van der Waals surface area contributed by atoms with Crippen LogP contribution in [0.5, 0.6) is 0 Å². The Bertz CT molecular complexity index is 570. The summed E-state index contributed by atoms with van der Waals surface area (Å²) in [6, 6.07) is 4.71. The number of hydrogen-bond donors (Lipinski definition) is 0. The molecule has 0 saturated carbocycles. The van der Waals surface area contributed by atoms with Gasteiger partial charge in [-0.05, 0) is 31.5 Å². The van der Waals surface area contributed by atoms with E-state index in [4.69, 9.17) is 16.3 Å². The summed E-state index contributed by atoms with van der Waals surface area (Å²) >= 11 is 5.89. The lowest BCUT2D eigenvalue weighted by atomic mass is 10.1. The van der Waals surface area contributed by atoms with Crippen LogP contribution in [0.1, 0.15) is 30.1 Å². The Hall–Kier alpha value is -1.88. The maximum atomic E-state index is 11.9. The number of fused-ring (bicyclic) bond motifs is 1. The highest BCUT2D eigenvalue weighted by atomic mass is 35.5. The number of rotatable bonds is 5. The molecule has 2 rings (SSSR count). The largest absolute Gasteiger partial charge is 0.466 e. The Morgan fingerprint density at radius 2 is 2.10 bits per heavy atom. The minimum absolute atomic E-state index is 0.210. The lowest BCUT2D eigenvalue weighted by Crippen LogP contribution is -2.31. The maximum Gasteiger partial charge on any atom is 0.305 e. The van der Waals surface area contributed by atoms with E-state index in [1.165, 1.54) is 4.90 Å². The van der Waals surface area contributed by atoms with Gasteiger partial charge in [-0.25, -0.2) is 0 Å². The molecule has 1 aromatic carbocycles. The molecule has 0 fully saturated rings. The summed E-state index contributed by atoms with van der Waals surface area (Å²) in [5.74, 6) is -1.42. The van der Waals surface area contributed by atoms with Gasteiger partial charge in [0.2, 0.25) is 0 Å². The van der Waals surface area contributed by atoms with E-state index in [9.17, 15) is 14.4 Å². The summed E-state index contributed by atoms with van der Waals surface area (Å²) in [4.78, 5) is 36.3. The number of nitrogens with zero attached hydrogens (tertiary/aromatic N) is 1. The number of anilines is 1. The quantitative estimate of drug-likeness (QED) is 0.617. The first-order valence-electron chi connectivity index (χ1n) is 6.36. The molecule has 20 heavy (non-hydrogen) atoms. The minimum atomic E-state index is -0.578. The van der Waals surface area contributed by atoms with Gasteiger partial charge in [0.25, 0.3) is 11.7 Å². The fraction of sp³-hybridized carbons (Fsp3) is 0.357. The monoisotopic (exact) mass is 295 g/mol. The number of benzene rings is 1. The van der Waals surface area contributed by atoms with E-state index < -0.39 is 11.7 Å². The third kappa shape index (κ3) is 2.82. The highest BCUT2D eigenvalue weighted by Gasteiger charge is 2.35. The highest BCUT2D eigenvalue weighted by molar-refractivity contribution is 6.52. The number of hydrogen-bond acceptors (Lipinski definition) is 4. The molecule has 1 amide bonds. The van der Waals surface area contributed by atoms with Gasteiger partial charge in [-0.15, -0.1) is 0 Å². The van der Waals surface area contributed by atoms with Gasteiger partial charge in [0.1, 0.15) is 0 Å². The Morgan fingerprint density at radius 3 is 2.80 bits per heavy atom. The molecular weight excluding hydrogens is 282 g/mol. The third-order valence-corrected chi connectivity index (χ3v) is 3.24. The number of esters is 1. The fourth-order valence-electron chi connectivity index (χ4n) is 2.10. The molecule has 0 radical (unpaired) electrons. The molecule has 1 aliphatic heterocycles. The van der Waals surface area contributed by atoms with Crippen LogP contribution >= 0.6 is 11.6 Å². The Morgan fingerprint density at radius 1 is 1.35 bits per heavy atom. The maximum absolute atomic E-state index is 11.9. The standard InChI is InChI=1S/C14H14ClNO4/c1-2-20-12(17)4-3-7-16-11-8-9(15)5-6-10(11)13(18)14(16)19/h5-6,8H,2-4,7H2,1H3. The predicted molar refractivity (Wildman–Crippen MR) is 74.0 cm³/mol. The zero-order valence-electron chi connectivity index (χ0n) is 11.0. The van der Waals surface area contributed by atoms with Crippen LogP contribution in [0.25, 0.3) is 0 Å². The fourth-order valence-corrected chi connectivity index (χ4v) is 2.27. The first kappa shape index (κ1) is 14.5. The van der Waals surface area contributed by atoms with Crippen molar-refractivity contribution in [2.24, 2.45) is 0 Å². The van der Waals surface area contributed by atoms with E-state index in [0.717, 1.165) is 0 Å². The molecule has 5 nitrogen and oxygen atoms in total. The lowest BCUT2D eigenvalue weighted by Gasteiger charge is -2.16. The van der Waals surface area contributed by atoms with Crippen molar-refractivity contribution >= 4 is 34.9 Å². The molecule has 0 spiro atoms. The number of amides is 1. The van der Waals surface area contributed by atoms with Crippen molar-refractivity contribution in [2.75, 3.05) is 18.1 Å². The van der Waals surface area contributed by atoms with E-state index in [2.05, 4.69) is 0 Å². The molecule has 106 valence electrons. The second kappa shape index (κ2) is 6.05. The van der Waals surface area contributed by atoms with Crippen molar-refractivity contribution in [3.63, 3.8) is 0 Å². The normalized spacial score (nSPS) is 13.6. The average molecular weight is 296 g/mol. The third-order valence-electron chi connectivity index (χ3n) is 3.00. The molecule has 0 aliphatic carbocycles. The van der Waals surface area contributed by atoms with Gasteiger partial charge in [-0.3, -0.25) is 14.4 Å². The zero-order chi connectivity index (χ0) is 14.7. The number of halogens is 1. The van der Waals surface area contributed by atoms with Gasteiger partial charge in [0.05, 0.1) is 17.9 Å². The van der Waals surface area contributed by atoms with Crippen molar-refractivity contribution in [2.45, 2.75) is 19.8 Å². The molecule has 0 atom stereocenters. The molecular formula is C14H14ClNO4. The molecule has 1 aromatic rings. The van der Waals surface area contributed by atoms with Gasteiger partial charge in [-0.1, -0.05) is 11.6 Å². The second-order valence-electron chi connectivity index (χ2n) is 4.36. The van der Waals surface area contributed by atoms with E-state index in [1.54, 1.807) is 25.1 Å². The number of carbonyl (C=O) groups excluding carboxylic acids is 3. The van der Waals surface area contributed by atoms with E-state index in [1.807, 2.05) is 0 Å². The van der Waals surface area contributed by atoms with Crippen LogP contribution in [-0.2, 0) is 14.3 Å². The van der Waals surface area contributed by atoms with E-state index in [0.29, 0.717) is 29.3 Å². The number of carbonyl (C=O) groups is 3.